The summed E-state index contributed by atoms with van der Waals surface area (Å²) in [5.41, 5.74) is 1.28. The minimum Gasteiger partial charge on any atom is -0.497 e. The summed E-state index contributed by atoms with van der Waals surface area (Å²) in [4.78, 5) is 0. The van der Waals surface area contributed by atoms with Gasteiger partial charge in [-0.3, -0.25) is 0 Å². The van der Waals surface area contributed by atoms with Crippen molar-refractivity contribution in [3.8, 4) is 5.75 Å². The van der Waals surface area contributed by atoms with Crippen LogP contribution < -0.4 is 10.1 Å². The molecule has 0 aliphatic heterocycles. The summed E-state index contributed by atoms with van der Waals surface area (Å²) < 4.78 is 15.5. The monoisotopic (exact) mass is 267 g/mol. The molecule has 1 N–H and O–H groups in total. The molecule has 0 saturated carbocycles. The van der Waals surface area contributed by atoms with E-state index in [2.05, 4.69) is 24.4 Å². The van der Waals surface area contributed by atoms with E-state index in [9.17, 15) is 0 Å². The second kappa shape index (κ2) is 9.78. The topological polar surface area (TPSA) is 39.7 Å². The Balaban J connectivity index is 2.31. The van der Waals surface area contributed by atoms with Gasteiger partial charge < -0.3 is 19.5 Å². The molecule has 0 radical (unpaired) electrons. The van der Waals surface area contributed by atoms with Crippen molar-refractivity contribution in [1.29, 1.82) is 0 Å². The molecule has 0 aliphatic carbocycles. The van der Waals surface area contributed by atoms with Crippen molar-refractivity contribution >= 4 is 0 Å². The van der Waals surface area contributed by atoms with Crippen molar-refractivity contribution in [2.24, 2.45) is 0 Å². The van der Waals surface area contributed by atoms with Gasteiger partial charge in [0.25, 0.3) is 0 Å². The first-order valence-corrected chi connectivity index (χ1v) is 6.75. The van der Waals surface area contributed by atoms with Gasteiger partial charge in [-0.2, -0.15) is 0 Å². The number of benzene rings is 1. The number of rotatable bonds is 10. The van der Waals surface area contributed by atoms with Crippen LogP contribution in [-0.4, -0.2) is 40.6 Å². The van der Waals surface area contributed by atoms with Crippen LogP contribution in [0.2, 0.25) is 0 Å². The summed E-state index contributed by atoms with van der Waals surface area (Å²) in [5, 5.41) is 3.49. The van der Waals surface area contributed by atoms with Crippen molar-refractivity contribution in [3.05, 3.63) is 29.8 Å². The summed E-state index contributed by atoms with van der Waals surface area (Å²) in [6.45, 7) is 5.02. The van der Waals surface area contributed by atoms with E-state index in [1.165, 1.54) is 5.56 Å². The van der Waals surface area contributed by atoms with Gasteiger partial charge in [0.15, 0.2) is 0 Å². The van der Waals surface area contributed by atoms with Crippen molar-refractivity contribution in [1.82, 2.24) is 5.32 Å². The quantitative estimate of drug-likeness (QED) is 0.661. The molecule has 4 heteroatoms. The predicted octanol–water partition coefficient (Wildman–Crippen LogP) is 2.40. The Kier molecular flexibility index (Phi) is 8.21. The molecular formula is C15H25NO3. The Labute approximate surface area is 116 Å². The smallest absolute Gasteiger partial charge is 0.118 e. The van der Waals surface area contributed by atoms with Gasteiger partial charge in [0.05, 0.1) is 26.9 Å². The van der Waals surface area contributed by atoms with Gasteiger partial charge in [-0.25, -0.2) is 0 Å². The van der Waals surface area contributed by atoms with Gasteiger partial charge in [-0.1, -0.05) is 19.1 Å². The van der Waals surface area contributed by atoms with Crippen LogP contribution in [0.4, 0.5) is 0 Å². The van der Waals surface area contributed by atoms with Gasteiger partial charge in [-0.15, -0.1) is 0 Å². The fourth-order valence-electron chi connectivity index (χ4n) is 1.88. The molecule has 0 bridgehead atoms. The standard InChI is InChI=1S/C15H25NO3/c1-4-15(16-9-10-19-12-11-17-2)13-5-7-14(18-3)8-6-13/h5-8,15-16H,4,9-12H2,1-3H3. The third-order valence-electron chi connectivity index (χ3n) is 3.00. The molecule has 1 aromatic rings. The minimum atomic E-state index is 0.358. The maximum Gasteiger partial charge on any atom is 0.118 e. The summed E-state index contributed by atoms with van der Waals surface area (Å²) in [7, 11) is 3.36. The molecule has 0 spiro atoms. The summed E-state index contributed by atoms with van der Waals surface area (Å²) in [6, 6.07) is 8.55. The molecule has 4 nitrogen and oxygen atoms in total. The first kappa shape index (κ1) is 16.0. The zero-order valence-corrected chi connectivity index (χ0v) is 12.1. The lowest BCUT2D eigenvalue weighted by Crippen LogP contribution is -2.25. The van der Waals surface area contributed by atoms with Crippen LogP contribution in [0.5, 0.6) is 5.75 Å². The van der Waals surface area contributed by atoms with Gasteiger partial charge in [0.1, 0.15) is 5.75 Å². The maximum absolute atomic E-state index is 5.43. The van der Waals surface area contributed by atoms with E-state index in [1.54, 1.807) is 14.2 Å². The van der Waals surface area contributed by atoms with Crippen LogP contribution in [0.15, 0.2) is 24.3 Å². The van der Waals surface area contributed by atoms with E-state index in [4.69, 9.17) is 14.2 Å². The minimum absolute atomic E-state index is 0.358. The molecule has 0 aliphatic rings. The Morgan fingerprint density at radius 1 is 1.05 bits per heavy atom. The molecule has 1 rings (SSSR count). The van der Waals surface area contributed by atoms with E-state index in [-0.39, 0.29) is 0 Å². The normalized spacial score (nSPS) is 12.4. The molecule has 19 heavy (non-hydrogen) atoms. The van der Waals surface area contributed by atoms with E-state index >= 15 is 0 Å². The number of ether oxygens (including phenoxy) is 3. The third kappa shape index (κ3) is 6.05. The largest absolute Gasteiger partial charge is 0.497 e. The molecule has 0 saturated heterocycles. The molecular weight excluding hydrogens is 242 g/mol. The van der Waals surface area contributed by atoms with Gasteiger partial charge in [0.2, 0.25) is 0 Å². The lowest BCUT2D eigenvalue weighted by atomic mass is 10.0. The van der Waals surface area contributed by atoms with Gasteiger partial charge in [0, 0.05) is 19.7 Å². The predicted molar refractivity (Wildman–Crippen MR) is 76.7 cm³/mol. The highest BCUT2D eigenvalue weighted by Gasteiger charge is 2.08. The zero-order chi connectivity index (χ0) is 13.9. The van der Waals surface area contributed by atoms with E-state index < -0.39 is 0 Å². The Morgan fingerprint density at radius 3 is 2.37 bits per heavy atom. The lowest BCUT2D eigenvalue weighted by Gasteiger charge is -2.17. The van der Waals surface area contributed by atoms with Crippen molar-refractivity contribution in [2.45, 2.75) is 19.4 Å². The first-order chi connectivity index (χ1) is 9.31. The lowest BCUT2D eigenvalue weighted by molar-refractivity contribution is 0.0710. The van der Waals surface area contributed by atoms with Crippen LogP contribution in [-0.2, 0) is 9.47 Å². The van der Waals surface area contributed by atoms with Crippen molar-refractivity contribution in [3.63, 3.8) is 0 Å². The van der Waals surface area contributed by atoms with Crippen LogP contribution >= 0.6 is 0 Å². The number of methoxy groups -OCH3 is 2. The number of nitrogens with one attached hydrogen (secondary N) is 1. The second-order valence-corrected chi connectivity index (χ2v) is 4.29. The summed E-state index contributed by atoms with van der Waals surface area (Å²) in [5.74, 6) is 0.890. The molecule has 1 aromatic carbocycles. The highest BCUT2D eigenvalue weighted by molar-refractivity contribution is 5.29. The average molecular weight is 267 g/mol. The molecule has 0 heterocycles. The maximum atomic E-state index is 5.43. The summed E-state index contributed by atoms with van der Waals surface area (Å²) >= 11 is 0. The molecule has 1 unspecified atom stereocenters. The zero-order valence-electron chi connectivity index (χ0n) is 12.1. The number of hydrogen-bond acceptors (Lipinski definition) is 4. The van der Waals surface area contributed by atoms with Crippen LogP contribution in [0.3, 0.4) is 0 Å². The number of hydrogen-bond donors (Lipinski definition) is 1. The highest BCUT2D eigenvalue weighted by atomic mass is 16.5. The van der Waals surface area contributed by atoms with Crippen LogP contribution in [0.25, 0.3) is 0 Å². The molecule has 1 atom stereocenters. The van der Waals surface area contributed by atoms with Gasteiger partial charge >= 0.3 is 0 Å². The fourth-order valence-corrected chi connectivity index (χ4v) is 1.88. The van der Waals surface area contributed by atoms with Crippen LogP contribution in [0, 0.1) is 0 Å². The first-order valence-electron chi connectivity index (χ1n) is 6.75. The molecule has 0 aromatic heterocycles. The van der Waals surface area contributed by atoms with Crippen molar-refractivity contribution in [2.75, 3.05) is 40.6 Å². The average Bonchev–Trinajstić information content (AvgIpc) is 2.47. The van der Waals surface area contributed by atoms with E-state index in [0.717, 1.165) is 18.7 Å². The summed E-state index contributed by atoms with van der Waals surface area (Å²) in [6.07, 6.45) is 1.05. The Hall–Kier alpha value is -1.10. The van der Waals surface area contributed by atoms with Gasteiger partial charge in [-0.05, 0) is 24.1 Å². The highest BCUT2D eigenvalue weighted by Crippen LogP contribution is 2.19. The fraction of sp³-hybridized carbons (Fsp3) is 0.600. The van der Waals surface area contributed by atoms with Crippen molar-refractivity contribution < 1.29 is 14.2 Å². The Bertz CT molecular complexity index is 327. The molecule has 108 valence electrons. The second-order valence-electron chi connectivity index (χ2n) is 4.29. The van der Waals surface area contributed by atoms with E-state index in [0.29, 0.717) is 25.9 Å². The molecule has 0 amide bonds. The van der Waals surface area contributed by atoms with E-state index in [1.807, 2.05) is 12.1 Å². The SMILES string of the molecule is CCC(NCCOCCOC)c1ccc(OC)cc1. The molecule has 0 fully saturated rings. The Morgan fingerprint density at radius 2 is 1.79 bits per heavy atom. The third-order valence-corrected chi connectivity index (χ3v) is 3.00. The van der Waals surface area contributed by atoms with Crippen LogP contribution in [0.1, 0.15) is 24.9 Å².